The van der Waals surface area contributed by atoms with Gasteiger partial charge in [-0.05, 0) is 48.0 Å². The minimum absolute atomic E-state index is 0.246. The zero-order valence-corrected chi connectivity index (χ0v) is 19.1. The van der Waals surface area contributed by atoms with E-state index in [2.05, 4.69) is 4.57 Å². The number of rotatable bonds is 7. The van der Waals surface area contributed by atoms with Crippen molar-refractivity contribution >= 4 is 63.1 Å². The summed E-state index contributed by atoms with van der Waals surface area (Å²) in [6.07, 6.45) is 4.39. The number of amides is 2. The topological polar surface area (TPSA) is 51.5 Å². The lowest BCUT2D eigenvalue weighted by Gasteiger charge is -2.11. The van der Waals surface area contributed by atoms with E-state index < -0.39 is 0 Å². The summed E-state index contributed by atoms with van der Waals surface area (Å²) in [5.74, 6) is -0.260. The van der Waals surface area contributed by atoms with E-state index in [-0.39, 0.29) is 11.1 Å². The van der Waals surface area contributed by atoms with Gasteiger partial charge in [0, 0.05) is 59.5 Å². The molecule has 2 amide bonds. The maximum Gasteiger partial charge on any atom is 0.293 e. The fourth-order valence-corrected chi connectivity index (χ4v) is 4.88. The number of halogens is 2. The Morgan fingerprint density at radius 2 is 1.94 bits per heavy atom. The molecule has 0 aliphatic carbocycles. The predicted octanol–water partition coefficient (Wildman–Crippen LogP) is 6.07. The highest BCUT2D eigenvalue weighted by Crippen LogP contribution is 2.34. The zero-order valence-electron chi connectivity index (χ0n) is 16.8. The van der Waals surface area contributed by atoms with Gasteiger partial charge < -0.3 is 9.30 Å². The van der Waals surface area contributed by atoms with Gasteiger partial charge in [-0.3, -0.25) is 14.5 Å². The second-order valence-electron chi connectivity index (χ2n) is 7.14. The van der Waals surface area contributed by atoms with Crippen molar-refractivity contribution in [1.82, 2.24) is 9.47 Å². The van der Waals surface area contributed by atoms with E-state index in [1.54, 1.807) is 19.3 Å². The smallest absolute Gasteiger partial charge is 0.293 e. The Kier molecular flexibility index (Phi) is 6.72. The molecule has 1 aromatic heterocycles. The molecule has 31 heavy (non-hydrogen) atoms. The summed E-state index contributed by atoms with van der Waals surface area (Å²) in [6, 6.07) is 13.4. The number of thioether (sulfide) groups is 1. The summed E-state index contributed by atoms with van der Waals surface area (Å²) in [5, 5.41) is 1.94. The molecule has 2 aromatic carbocycles. The number of aromatic nitrogens is 1. The van der Waals surface area contributed by atoms with Gasteiger partial charge >= 0.3 is 0 Å². The van der Waals surface area contributed by atoms with E-state index in [4.69, 9.17) is 27.9 Å². The third kappa shape index (κ3) is 4.67. The number of hydrogen-bond acceptors (Lipinski definition) is 4. The van der Waals surface area contributed by atoms with Crippen LogP contribution < -0.4 is 0 Å². The number of imide groups is 1. The van der Waals surface area contributed by atoms with Crippen molar-refractivity contribution in [1.29, 1.82) is 0 Å². The number of benzene rings is 2. The molecule has 0 atom stereocenters. The second-order valence-corrected chi connectivity index (χ2v) is 8.98. The number of ether oxygens (including phenoxy) is 1. The van der Waals surface area contributed by atoms with Crippen LogP contribution in [0, 0.1) is 0 Å². The molecule has 1 aliphatic heterocycles. The van der Waals surface area contributed by atoms with Crippen molar-refractivity contribution in [2.75, 3.05) is 20.3 Å². The molecule has 5 nitrogen and oxygen atoms in total. The first-order chi connectivity index (χ1) is 15.0. The summed E-state index contributed by atoms with van der Waals surface area (Å²) in [6.45, 7) is 1.41. The van der Waals surface area contributed by atoms with Gasteiger partial charge in [-0.15, -0.1) is 0 Å². The van der Waals surface area contributed by atoms with Crippen molar-refractivity contribution in [3.63, 3.8) is 0 Å². The number of para-hydroxylation sites is 1. The summed E-state index contributed by atoms with van der Waals surface area (Å²) >= 11 is 13.4. The van der Waals surface area contributed by atoms with Crippen LogP contribution in [0.1, 0.15) is 17.5 Å². The van der Waals surface area contributed by atoms with Gasteiger partial charge in [0.2, 0.25) is 0 Å². The summed E-state index contributed by atoms with van der Waals surface area (Å²) < 4.78 is 7.10. The molecule has 1 aliphatic rings. The highest BCUT2D eigenvalue weighted by molar-refractivity contribution is 8.18. The van der Waals surface area contributed by atoms with Gasteiger partial charge in [0.15, 0.2) is 0 Å². The van der Waals surface area contributed by atoms with Crippen molar-refractivity contribution in [2.45, 2.75) is 13.0 Å². The Morgan fingerprint density at radius 3 is 2.71 bits per heavy atom. The first-order valence-electron chi connectivity index (χ1n) is 9.74. The summed E-state index contributed by atoms with van der Waals surface area (Å²) in [5.41, 5.74) is 2.83. The molecule has 4 rings (SSSR count). The van der Waals surface area contributed by atoms with E-state index in [1.165, 1.54) is 4.90 Å². The minimum atomic E-state index is -0.260. The quantitative estimate of drug-likeness (QED) is 0.308. The van der Waals surface area contributed by atoms with Crippen LogP contribution in [0.3, 0.4) is 0 Å². The fraction of sp³-hybridized carbons (Fsp3) is 0.217. The number of methoxy groups -OCH3 is 1. The van der Waals surface area contributed by atoms with Crippen LogP contribution in [0.15, 0.2) is 53.6 Å². The molecule has 8 heteroatoms. The van der Waals surface area contributed by atoms with Crippen LogP contribution in [0.5, 0.6) is 0 Å². The number of nitrogens with zero attached hydrogens (tertiary/aromatic N) is 2. The Hall–Kier alpha value is -2.25. The normalized spacial score (nSPS) is 15.6. The lowest BCUT2D eigenvalue weighted by atomic mass is 10.1. The molecule has 0 spiro atoms. The van der Waals surface area contributed by atoms with Gasteiger partial charge in [0.25, 0.3) is 11.1 Å². The highest BCUT2D eigenvalue weighted by Gasteiger charge is 2.34. The molecular weight excluding hydrogens is 455 g/mol. The zero-order chi connectivity index (χ0) is 22.0. The maximum atomic E-state index is 12.8. The van der Waals surface area contributed by atoms with E-state index in [0.29, 0.717) is 41.1 Å². The standard InChI is InChI=1S/C23H20Cl2N2O3S/c1-30-10-4-9-27-22(28)21(31-23(27)29)11-16-14-26(20-6-3-2-5-18(16)20)13-15-7-8-17(24)12-19(15)25/h2-3,5-8,11-12,14H,4,9-10,13H2,1H3/b21-11+. The van der Waals surface area contributed by atoms with Gasteiger partial charge in [-0.1, -0.05) is 47.5 Å². The summed E-state index contributed by atoms with van der Waals surface area (Å²) in [7, 11) is 1.60. The monoisotopic (exact) mass is 474 g/mol. The van der Waals surface area contributed by atoms with Crippen LogP contribution in [0.25, 0.3) is 17.0 Å². The molecule has 0 radical (unpaired) electrons. The Balaban J connectivity index is 1.66. The molecule has 1 saturated heterocycles. The Labute approximate surface area is 194 Å². The number of hydrogen-bond donors (Lipinski definition) is 0. The third-order valence-corrected chi connectivity index (χ3v) is 6.56. The molecule has 160 valence electrons. The minimum Gasteiger partial charge on any atom is -0.385 e. The number of carbonyl (C=O) groups excluding carboxylic acids is 2. The maximum absolute atomic E-state index is 12.8. The van der Waals surface area contributed by atoms with Crippen LogP contribution >= 0.6 is 35.0 Å². The SMILES string of the molecule is COCCCN1C(=O)S/C(=C/c2cn(Cc3ccc(Cl)cc3Cl)c3ccccc23)C1=O. The highest BCUT2D eigenvalue weighted by atomic mass is 35.5. The average molecular weight is 475 g/mol. The Bertz CT molecular complexity index is 1190. The first kappa shape index (κ1) is 22.0. The lowest BCUT2D eigenvalue weighted by Crippen LogP contribution is -2.29. The van der Waals surface area contributed by atoms with Gasteiger partial charge in [0.05, 0.1) is 4.91 Å². The van der Waals surface area contributed by atoms with E-state index >= 15 is 0 Å². The predicted molar refractivity (Wildman–Crippen MR) is 127 cm³/mol. The van der Waals surface area contributed by atoms with E-state index in [0.717, 1.165) is 33.8 Å². The average Bonchev–Trinajstić information content (AvgIpc) is 3.22. The van der Waals surface area contributed by atoms with Crippen LogP contribution in [0.4, 0.5) is 4.79 Å². The largest absolute Gasteiger partial charge is 0.385 e. The molecule has 1 fully saturated rings. The number of fused-ring (bicyclic) bond motifs is 1. The molecular formula is C23H20Cl2N2O3S. The second kappa shape index (κ2) is 9.49. The molecule has 3 aromatic rings. The third-order valence-electron chi connectivity index (χ3n) is 5.07. The molecule has 0 N–H and O–H groups in total. The van der Waals surface area contributed by atoms with E-state index in [9.17, 15) is 9.59 Å². The molecule has 0 saturated carbocycles. The van der Waals surface area contributed by atoms with Crippen molar-refractivity contribution in [3.8, 4) is 0 Å². The van der Waals surface area contributed by atoms with Crippen LogP contribution in [-0.4, -0.2) is 40.9 Å². The lowest BCUT2D eigenvalue weighted by molar-refractivity contribution is -0.122. The van der Waals surface area contributed by atoms with Crippen molar-refractivity contribution in [3.05, 3.63) is 74.7 Å². The van der Waals surface area contributed by atoms with Crippen molar-refractivity contribution in [2.24, 2.45) is 0 Å². The van der Waals surface area contributed by atoms with Gasteiger partial charge in [-0.2, -0.15) is 0 Å². The molecule has 0 unspecified atom stereocenters. The fourth-order valence-electron chi connectivity index (χ4n) is 3.56. The molecule has 0 bridgehead atoms. The number of carbonyl (C=O) groups is 2. The van der Waals surface area contributed by atoms with Gasteiger partial charge in [0.1, 0.15) is 0 Å². The van der Waals surface area contributed by atoms with Crippen molar-refractivity contribution < 1.29 is 14.3 Å². The van der Waals surface area contributed by atoms with Crippen LogP contribution in [-0.2, 0) is 16.1 Å². The van der Waals surface area contributed by atoms with Crippen LogP contribution in [0.2, 0.25) is 10.0 Å². The van der Waals surface area contributed by atoms with E-state index in [1.807, 2.05) is 42.6 Å². The van der Waals surface area contributed by atoms with Gasteiger partial charge in [-0.25, -0.2) is 0 Å². The Morgan fingerprint density at radius 1 is 1.13 bits per heavy atom. The summed E-state index contributed by atoms with van der Waals surface area (Å²) in [4.78, 5) is 26.8. The molecule has 2 heterocycles. The first-order valence-corrected chi connectivity index (χ1v) is 11.3.